The van der Waals surface area contributed by atoms with Crippen molar-refractivity contribution in [2.75, 3.05) is 86.7 Å². The second-order valence-corrected chi connectivity index (χ2v) is 21.0. The van der Waals surface area contributed by atoms with Crippen molar-refractivity contribution < 1.29 is 63.8 Å². The average molecular weight is 1080 g/mol. The van der Waals surface area contributed by atoms with Gasteiger partial charge in [0.05, 0.1) is 61.3 Å². The first kappa shape index (κ1) is 61.3. The maximum atomic E-state index is 14.7. The number of esters is 4. The Morgan fingerprint density at radius 2 is 0.986 bits per heavy atom. The van der Waals surface area contributed by atoms with Gasteiger partial charge in [-0.3, -0.25) is 32.8 Å². The molecule has 73 heavy (non-hydrogen) atoms. The number of benzene rings is 4. The second kappa shape index (κ2) is 29.0. The number of hydrogen-bond acceptors (Lipinski definition) is 15. The van der Waals surface area contributed by atoms with Crippen LogP contribution in [0.4, 0.5) is 20.2 Å². The van der Waals surface area contributed by atoms with Crippen LogP contribution >= 0.6 is 12.4 Å². The van der Waals surface area contributed by atoms with Crippen LogP contribution in [0.3, 0.4) is 0 Å². The number of halogens is 3. The Hall–Kier alpha value is -6.04. The number of sulfonamides is 2. The largest absolute Gasteiger partial charge is 0.465 e. The van der Waals surface area contributed by atoms with Crippen LogP contribution in [0.25, 0.3) is 0 Å². The first-order valence-electron chi connectivity index (χ1n) is 23.1. The van der Waals surface area contributed by atoms with Gasteiger partial charge in [-0.05, 0) is 73.5 Å². The molecule has 23 heteroatoms. The van der Waals surface area contributed by atoms with Crippen molar-refractivity contribution in [1.29, 1.82) is 0 Å². The van der Waals surface area contributed by atoms with Crippen LogP contribution in [-0.2, 0) is 74.8 Å². The fourth-order valence-electron chi connectivity index (χ4n) is 7.59. The van der Waals surface area contributed by atoms with Gasteiger partial charge in [0.15, 0.2) is 0 Å². The number of carbonyl (C=O) groups is 5. The minimum absolute atomic E-state index is 0. The molecule has 0 saturated carbocycles. The lowest BCUT2D eigenvalue weighted by Crippen LogP contribution is -2.47. The molecule has 4 aromatic rings. The van der Waals surface area contributed by atoms with Crippen molar-refractivity contribution in [1.82, 2.24) is 20.0 Å². The topological polar surface area (TPSA) is 210 Å². The molecule has 0 atom stereocenters. The van der Waals surface area contributed by atoms with Crippen LogP contribution < -0.4 is 13.9 Å². The quantitative estimate of drug-likeness (QED) is 0.0832. The second-order valence-electron chi connectivity index (χ2n) is 16.6. The fraction of sp³-hybridized carbons (Fsp3) is 0.420. The van der Waals surface area contributed by atoms with Gasteiger partial charge < -0.3 is 24.4 Å². The monoisotopic (exact) mass is 1080 g/mol. The molecule has 4 aromatic carbocycles. The van der Waals surface area contributed by atoms with Crippen molar-refractivity contribution in [3.05, 3.63) is 130 Å². The fourth-order valence-corrected chi connectivity index (χ4v) is 9.76. The Kier molecular flexibility index (Phi) is 24.3. The third-order valence-corrected chi connectivity index (χ3v) is 15.0. The highest BCUT2D eigenvalue weighted by molar-refractivity contribution is 7.93. The number of nitrogens with one attached hydrogen (secondary N) is 1. The van der Waals surface area contributed by atoms with E-state index in [2.05, 4.69) is 29.3 Å². The van der Waals surface area contributed by atoms with Crippen molar-refractivity contribution in [3.63, 3.8) is 0 Å². The van der Waals surface area contributed by atoms with Crippen LogP contribution in [-0.4, -0.2) is 139 Å². The maximum Gasteiger partial charge on any atom is 0.337 e. The lowest BCUT2D eigenvalue weighted by Gasteiger charge is -2.34. The zero-order valence-corrected chi connectivity index (χ0v) is 44.5. The number of ether oxygens (including phenoxy) is 3. The van der Waals surface area contributed by atoms with Gasteiger partial charge in [-0.2, -0.15) is 0 Å². The normalized spacial score (nSPS) is 13.9. The third kappa shape index (κ3) is 18.8. The number of hydrogen-bond donors (Lipinski definition) is 1. The molecule has 0 radical (unpaired) electrons. The summed E-state index contributed by atoms with van der Waals surface area (Å²) in [4.78, 5) is 60.8. The number of amides is 1. The minimum atomic E-state index is -3.71. The van der Waals surface area contributed by atoms with E-state index in [0.29, 0.717) is 31.0 Å². The van der Waals surface area contributed by atoms with Gasteiger partial charge in [-0.1, -0.05) is 36.4 Å². The molecular formula is C50H65ClF2N6O12S2. The molecule has 18 nitrogen and oxygen atoms in total. The Morgan fingerprint density at radius 1 is 0.589 bits per heavy atom. The first-order chi connectivity index (χ1) is 34.1. The summed E-state index contributed by atoms with van der Waals surface area (Å²) in [6.07, 6.45) is 0. The molecule has 2 aliphatic rings. The zero-order valence-electron chi connectivity index (χ0n) is 42.1. The molecule has 2 fully saturated rings. The Labute approximate surface area is 433 Å². The van der Waals surface area contributed by atoms with Crippen LogP contribution in [0.15, 0.2) is 84.9 Å². The lowest BCUT2D eigenvalue weighted by molar-refractivity contribution is -0.156. The summed E-state index contributed by atoms with van der Waals surface area (Å²) in [7, 11) is -4.94. The van der Waals surface area contributed by atoms with Crippen LogP contribution in [0, 0.1) is 11.6 Å². The summed E-state index contributed by atoms with van der Waals surface area (Å²) in [6, 6.07) is 22.3. The SMILES string of the molecule is CC(=O)OC(C)=O.CCS(=O)(=O)N(Cc1ccc(C(=O)OC)cc1F)c1cccc(CN2CCN(C(C)=O)CC2)c1.CCS(=O)(=O)N(Cc1ccc(C(=O)OC)cc1F)c1cccc(CN2CCNCC2)c1.Cl. The van der Waals surface area contributed by atoms with E-state index in [1.807, 2.05) is 29.2 Å². The Balaban J connectivity index is 0.000000337. The molecule has 0 spiro atoms. The summed E-state index contributed by atoms with van der Waals surface area (Å²) >= 11 is 0. The molecule has 0 unspecified atom stereocenters. The van der Waals surface area contributed by atoms with Crippen LogP contribution in [0.5, 0.6) is 0 Å². The number of carbonyl (C=O) groups excluding carboxylic acids is 5. The van der Waals surface area contributed by atoms with E-state index in [-0.39, 0.29) is 65.2 Å². The van der Waals surface area contributed by atoms with E-state index >= 15 is 0 Å². The summed E-state index contributed by atoms with van der Waals surface area (Å²) in [5, 5.41) is 3.31. The molecule has 0 bridgehead atoms. The molecule has 400 valence electrons. The molecule has 6 rings (SSSR count). The van der Waals surface area contributed by atoms with E-state index in [1.165, 1.54) is 67.9 Å². The first-order valence-corrected chi connectivity index (χ1v) is 26.3. The smallest absolute Gasteiger partial charge is 0.337 e. The van der Waals surface area contributed by atoms with Gasteiger partial charge in [0.25, 0.3) is 0 Å². The van der Waals surface area contributed by atoms with E-state index < -0.39 is 55.6 Å². The number of methoxy groups -OCH3 is 2. The lowest BCUT2D eigenvalue weighted by atomic mass is 10.1. The van der Waals surface area contributed by atoms with Gasteiger partial charge in [-0.15, -0.1) is 12.4 Å². The van der Waals surface area contributed by atoms with E-state index in [0.717, 1.165) is 69.1 Å². The van der Waals surface area contributed by atoms with Gasteiger partial charge in [-0.25, -0.2) is 35.2 Å². The number of anilines is 2. The van der Waals surface area contributed by atoms with Gasteiger partial charge in [0.2, 0.25) is 26.0 Å². The summed E-state index contributed by atoms with van der Waals surface area (Å²) in [5.74, 6) is -3.98. The average Bonchev–Trinajstić information content (AvgIpc) is 3.35. The van der Waals surface area contributed by atoms with Crippen molar-refractivity contribution in [2.45, 2.75) is 60.8 Å². The molecule has 2 saturated heterocycles. The van der Waals surface area contributed by atoms with Gasteiger partial charge >= 0.3 is 23.9 Å². The molecule has 2 heterocycles. The minimum Gasteiger partial charge on any atom is -0.465 e. The number of rotatable bonds is 16. The zero-order chi connectivity index (χ0) is 53.2. The Bertz CT molecular complexity index is 2750. The Morgan fingerprint density at radius 3 is 1.32 bits per heavy atom. The summed E-state index contributed by atoms with van der Waals surface area (Å²) in [6.45, 7) is 14.5. The third-order valence-electron chi connectivity index (χ3n) is 11.5. The molecule has 2 aliphatic heterocycles. The van der Waals surface area contributed by atoms with E-state index in [9.17, 15) is 49.6 Å². The standard InChI is InChI=1S/C24H30FN3O5S.C22H28FN3O4S.C4H6O3.ClH/c1-4-34(31,32)28(17-21-9-8-20(15-23(21)25)24(30)33-3)22-7-5-6-19(14-22)16-26-10-12-27(13-11-26)18(2)29;1-3-31(28,29)26(16-19-8-7-18(14-21(19)23)22(27)30-2)20-6-4-5-17(13-20)15-25-11-9-24-10-12-25;1-3(5)7-4(2)6;/h5-9,14-15H,4,10-13,16-17H2,1-3H3;4-8,13-14,24H,3,9-12,15-16H2,1-2H3;1-2H3;1H. The molecule has 1 amide bonds. The number of nitrogens with zero attached hydrogens (tertiary/aromatic N) is 5. The molecule has 0 aromatic heterocycles. The highest BCUT2D eigenvalue weighted by Crippen LogP contribution is 2.27. The summed E-state index contributed by atoms with van der Waals surface area (Å²) in [5.41, 5.74) is 3.31. The van der Waals surface area contributed by atoms with E-state index in [4.69, 9.17) is 0 Å². The van der Waals surface area contributed by atoms with Gasteiger partial charge in [0, 0.05) is 97.3 Å². The highest BCUT2D eigenvalue weighted by Gasteiger charge is 2.26. The molecule has 1 N–H and O–H groups in total. The maximum absolute atomic E-state index is 14.7. The van der Waals surface area contributed by atoms with Crippen molar-refractivity contribution in [2.24, 2.45) is 0 Å². The highest BCUT2D eigenvalue weighted by atomic mass is 35.5. The predicted octanol–water partition coefficient (Wildman–Crippen LogP) is 5.52. The van der Waals surface area contributed by atoms with Crippen LogP contribution in [0.1, 0.15) is 77.6 Å². The van der Waals surface area contributed by atoms with Gasteiger partial charge in [0.1, 0.15) is 11.6 Å². The molecular weight excluding hydrogens is 1010 g/mol. The van der Waals surface area contributed by atoms with E-state index in [1.54, 1.807) is 38.1 Å². The molecule has 0 aliphatic carbocycles. The van der Waals surface area contributed by atoms with Crippen molar-refractivity contribution in [3.8, 4) is 0 Å². The number of piperazine rings is 2. The van der Waals surface area contributed by atoms with Crippen molar-refractivity contribution >= 4 is 73.6 Å². The predicted molar refractivity (Wildman–Crippen MR) is 275 cm³/mol. The van der Waals surface area contributed by atoms with Crippen LogP contribution in [0.2, 0.25) is 0 Å². The summed E-state index contributed by atoms with van der Waals surface area (Å²) < 4.78 is 96.5.